The number of hydrogen-bond acceptors (Lipinski definition) is 0. The summed E-state index contributed by atoms with van der Waals surface area (Å²) in [6, 6.07) is 0. The molecule has 0 aromatic rings. The first kappa shape index (κ1) is 15.3. The van der Waals surface area contributed by atoms with E-state index in [-0.39, 0.29) is 12.8 Å². The van der Waals surface area contributed by atoms with Crippen LogP contribution in [0.15, 0.2) is 12.2 Å². The molecular weight excluding hydrogens is 234 g/mol. The fourth-order valence-corrected chi connectivity index (χ4v) is 0.868. The molecule has 0 spiro atoms. The summed E-state index contributed by atoms with van der Waals surface area (Å²) >= 11 is 0. The van der Waals surface area contributed by atoms with Gasteiger partial charge in [-0.1, -0.05) is 26.0 Å². The van der Waals surface area contributed by atoms with Crippen molar-refractivity contribution in [2.75, 3.05) is 0 Å². The van der Waals surface area contributed by atoms with Crippen LogP contribution in [0.5, 0.6) is 0 Å². The molecule has 0 aliphatic carbocycles. The lowest BCUT2D eigenvalue weighted by Crippen LogP contribution is -2.19. The van der Waals surface area contributed by atoms with Crippen molar-refractivity contribution in [3.05, 3.63) is 12.2 Å². The predicted octanol–water partition coefficient (Wildman–Crippen LogP) is 4.72. The van der Waals surface area contributed by atoms with Crippen molar-refractivity contribution in [3.8, 4) is 0 Å². The molecule has 0 amide bonds. The molecule has 0 nitrogen and oxygen atoms in total. The van der Waals surface area contributed by atoms with Gasteiger partial charge in [-0.2, -0.15) is 26.3 Å². The Morgan fingerprint density at radius 3 is 1.19 bits per heavy atom. The van der Waals surface area contributed by atoms with Crippen molar-refractivity contribution in [3.63, 3.8) is 0 Å². The Bertz CT molecular complexity index is 200. The number of alkyl halides is 6. The zero-order chi connectivity index (χ0) is 13.0. The number of hydrogen-bond donors (Lipinski definition) is 0. The highest BCUT2D eigenvalue weighted by molar-refractivity contribution is 4.87. The Kier molecular flexibility index (Phi) is 5.35. The van der Waals surface area contributed by atoms with E-state index in [4.69, 9.17) is 0 Å². The average molecular weight is 248 g/mol. The quantitative estimate of drug-likeness (QED) is 0.499. The Hall–Kier alpha value is -0.680. The van der Waals surface area contributed by atoms with Crippen molar-refractivity contribution in [1.82, 2.24) is 0 Å². The summed E-state index contributed by atoms with van der Waals surface area (Å²) < 4.78 is 72.1. The second kappa shape index (κ2) is 5.59. The third kappa shape index (κ3) is 6.02. The van der Waals surface area contributed by atoms with Crippen molar-refractivity contribution in [2.45, 2.75) is 39.0 Å². The molecule has 6 heteroatoms. The maximum absolute atomic E-state index is 12.0. The molecule has 0 rings (SSSR count). The van der Waals surface area contributed by atoms with Crippen LogP contribution in [0.3, 0.4) is 0 Å². The minimum atomic E-state index is -4.29. The molecule has 0 saturated carbocycles. The highest BCUT2D eigenvalue weighted by Gasteiger charge is 2.35. The van der Waals surface area contributed by atoms with Gasteiger partial charge < -0.3 is 0 Å². The van der Waals surface area contributed by atoms with Crippen molar-refractivity contribution in [1.29, 1.82) is 0 Å². The molecule has 2 atom stereocenters. The third-order valence-corrected chi connectivity index (χ3v) is 2.26. The van der Waals surface area contributed by atoms with E-state index in [9.17, 15) is 26.3 Å². The standard InChI is InChI=1S/C10H14F6/c1-7(9(11,12)13)5-3-4-6-8(2)10(14,15)16/h3-4,7-8H,5-6H2,1-2H3. The van der Waals surface area contributed by atoms with Gasteiger partial charge in [-0.15, -0.1) is 0 Å². The monoisotopic (exact) mass is 248 g/mol. The first-order valence-electron chi connectivity index (χ1n) is 4.83. The third-order valence-electron chi connectivity index (χ3n) is 2.26. The lowest BCUT2D eigenvalue weighted by molar-refractivity contribution is -0.170. The van der Waals surface area contributed by atoms with Crippen LogP contribution >= 0.6 is 0 Å². The Balaban J connectivity index is 3.96. The van der Waals surface area contributed by atoms with Gasteiger partial charge in [0.2, 0.25) is 0 Å². The molecule has 0 heterocycles. The summed E-state index contributed by atoms with van der Waals surface area (Å²) in [4.78, 5) is 0. The molecule has 2 unspecified atom stereocenters. The molecule has 0 saturated heterocycles. The predicted molar refractivity (Wildman–Crippen MR) is 48.8 cm³/mol. The minimum Gasteiger partial charge on any atom is -0.171 e. The molecular formula is C10H14F6. The Morgan fingerprint density at radius 1 is 0.750 bits per heavy atom. The zero-order valence-electron chi connectivity index (χ0n) is 8.99. The zero-order valence-corrected chi connectivity index (χ0v) is 8.99. The SMILES string of the molecule is CC(CC=CCC(C)C(F)(F)F)C(F)(F)F. The summed E-state index contributed by atoms with van der Waals surface area (Å²) in [7, 11) is 0. The van der Waals surface area contributed by atoms with Crippen molar-refractivity contribution >= 4 is 0 Å². The van der Waals surface area contributed by atoms with Gasteiger partial charge in [0.05, 0.1) is 11.8 Å². The largest absolute Gasteiger partial charge is 0.391 e. The topological polar surface area (TPSA) is 0 Å². The first-order chi connectivity index (χ1) is 7.05. The molecule has 0 fully saturated rings. The van der Waals surface area contributed by atoms with Gasteiger partial charge in [-0.25, -0.2) is 0 Å². The molecule has 16 heavy (non-hydrogen) atoms. The fraction of sp³-hybridized carbons (Fsp3) is 0.800. The molecule has 96 valence electrons. The van der Waals surface area contributed by atoms with Gasteiger partial charge in [-0.05, 0) is 12.8 Å². The van der Waals surface area contributed by atoms with E-state index in [1.54, 1.807) is 0 Å². The van der Waals surface area contributed by atoms with Gasteiger partial charge in [0, 0.05) is 0 Å². The minimum absolute atomic E-state index is 0.284. The number of halogens is 6. The van der Waals surface area contributed by atoms with Crippen molar-refractivity contribution in [2.24, 2.45) is 11.8 Å². The summed E-state index contributed by atoms with van der Waals surface area (Å²) in [5.74, 6) is -3.05. The van der Waals surface area contributed by atoms with Gasteiger partial charge >= 0.3 is 12.4 Å². The summed E-state index contributed by atoms with van der Waals surface area (Å²) in [6.45, 7) is 2.00. The van der Waals surface area contributed by atoms with Crippen molar-refractivity contribution < 1.29 is 26.3 Å². The second-order valence-electron chi connectivity index (χ2n) is 3.83. The molecule has 0 radical (unpaired) electrons. The molecule has 0 aliphatic rings. The lowest BCUT2D eigenvalue weighted by Gasteiger charge is -2.14. The van der Waals surface area contributed by atoms with E-state index in [0.29, 0.717) is 0 Å². The van der Waals surface area contributed by atoms with Gasteiger partial charge in [0.15, 0.2) is 0 Å². The second-order valence-corrected chi connectivity index (χ2v) is 3.83. The highest BCUT2D eigenvalue weighted by Crippen LogP contribution is 2.30. The molecule has 0 aromatic carbocycles. The van der Waals surface area contributed by atoms with Crippen LogP contribution < -0.4 is 0 Å². The summed E-state index contributed by atoms with van der Waals surface area (Å²) in [5.41, 5.74) is 0. The average Bonchev–Trinajstić information content (AvgIpc) is 2.08. The van der Waals surface area contributed by atoms with Gasteiger partial charge in [0.1, 0.15) is 0 Å². The van der Waals surface area contributed by atoms with E-state index < -0.39 is 24.2 Å². The fourth-order valence-electron chi connectivity index (χ4n) is 0.868. The van der Waals surface area contributed by atoms with E-state index in [2.05, 4.69) is 0 Å². The lowest BCUT2D eigenvalue weighted by atomic mass is 10.0. The number of allylic oxidation sites excluding steroid dienone is 2. The summed E-state index contributed by atoms with van der Waals surface area (Å²) in [6.07, 6.45) is -6.84. The molecule has 0 aromatic heterocycles. The number of rotatable bonds is 4. The van der Waals surface area contributed by atoms with E-state index in [1.807, 2.05) is 0 Å². The van der Waals surface area contributed by atoms with E-state index in [0.717, 1.165) is 26.0 Å². The van der Waals surface area contributed by atoms with Crippen LogP contribution in [0.1, 0.15) is 26.7 Å². The van der Waals surface area contributed by atoms with Crippen LogP contribution in [0.25, 0.3) is 0 Å². The molecule has 0 bridgehead atoms. The van der Waals surface area contributed by atoms with Crippen LogP contribution in [0, 0.1) is 11.8 Å². The van der Waals surface area contributed by atoms with Crippen LogP contribution in [-0.4, -0.2) is 12.4 Å². The van der Waals surface area contributed by atoms with Crippen LogP contribution in [0.4, 0.5) is 26.3 Å². The normalized spacial score (nSPS) is 17.8. The van der Waals surface area contributed by atoms with Gasteiger partial charge in [0.25, 0.3) is 0 Å². The Morgan fingerprint density at radius 2 is 1.00 bits per heavy atom. The van der Waals surface area contributed by atoms with Crippen LogP contribution in [-0.2, 0) is 0 Å². The highest BCUT2D eigenvalue weighted by atomic mass is 19.4. The molecule has 0 aliphatic heterocycles. The van der Waals surface area contributed by atoms with E-state index in [1.165, 1.54) is 0 Å². The maximum Gasteiger partial charge on any atom is 0.391 e. The smallest absolute Gasteiger partial charge is 0.171 e. The first-order valence-corrected chi connectivity index (χ1v) is 4.83. The maximum atomic E-state index is 12.0. The van der Waals surface area contributed by atoms with E-state index >= 15 is 0 Å². The Labute approximate surface area is 90.3 Å². The summed E-state index contributed by atoms with van der Waals surface area (Å²) in [5, 5.41) is 0. The van der Waals surface area contributed by atoms with Gasteiger partial charge in [-0.3, -0.25) is 0 Å². The molecule has 0 N–H and O–H groups in total. The van der Waals surface area contributed by atoms with Crippen LogP contribution in [0.2, 0.25) is 0 Å².